The normalized spacial score (nSPS) is 17.8. The second-order valence-corrected chi connectivity index (χ2v) is 8.41. The molecule has 29 heavy (non-hydrogen) atoms. The van der Waals surface area contributed by atoms with Gasteiger partial charge in [-0.15, -0.1) is 11.8 Å². The number of fused-ring (bicyclic) bond motifs is 2. The molecule has 4 aromatic carbocycles. The highest BCUT2D eigenvalue weighted by molar-refractivity contribution is 7.98. The van der Waals surface area contributed by atoms with Gasteiger partial charge in [0.1, 0.15) is 0 Å². The maximum atomic E-state index is 4.01. The molecule has 0 bridgehead atoms. The summed E-state index contributed by atoms with van der Waals surface area (Å²) in [5.41, 5.74) is 6.23. The van der Waals surface area contributed by atoms with E-state index in [0.29, 0.717) is 0 Å². The Kier molecular flexibility index (Phi) is 4.97. The fraction of sp³-hybridized carbons (Fsp3) is 0.111. The van der Waals surface area contributed by atoms with Gasteiger partial charge in [0.15, 0.2) is 0 Å². The summed E-state index contributed by atoms with van der Waals surface area (Å²) in [6.45, 7) is 0.795. The topological polar surface area (TPSA) is 12.0 Å². The first kappa shape index (κ1) is 18.2. The molecule has 0 saturated heterocycles. The summed E-state index contributed by atoms with van der Waals surface area (Å²) in [5.74, 6) is 0.981. The van der Waals surface area contributed by atoms with E-state index in [1.165, 1.54) is 32.7 Å². The molecule has 1 atom stereocenters. The Morgan fingerprint density at radius 1 is 0.655 bits per heavy atom. The summed E-state index contributed by atoms with van der Waals surface area (Å²) in [5, 5.41) is 4.01. The van der Waals surface area contributed by atoms with Crippen LogP contribution >= 0.6 is 11.8 Å². The summed E-state index contributed by atoms with van der Waals surface area (Å²) in [6.07, 6.45) is 0. The predicted octanol–water partition coefficient (Wildman–Crippen LogP) is 6.37. The lowest BCUT2D eigenvalue weighted by Crippen LogP contribution is -2.44. The van der Waals surface area contributed by atoms with Gasteiger partial charge < -0.3 is 0 Å². The van der Waals surface area contributed by atoms with Crippen molar-refractivity contribution in [1.82, 2.24) is 5.32 Å². The van der Waals surface area contributed by atoms with Crippen LogP contribution in [-0.4, -0.2) is 0 Å². The molecule has 0 aliphatic carbocycles. The van der Waals surface area contributed by atoms with Gasteiger partial charge in [0, 0.05) is 17.2 Å². The predicted molar refractivity (Wildman–Crippen MR) is 122 cm³/mol. The van der Waals surface area contributed by atoms with Gasteiger partial charge in [0.05, 0.1) is 5.54 Å². The minimum absolute atomic E-state index is 0.395. The van der Waals surface area contributed by atoms with E-state index in [4.69, 9.17) is 0 Å². The lowest BCUT2D eigenvalue weighted by Gasteiger charge is -2.38. The van der Waals surface area contributed by atoms with Gasteiger partial charge in [-0.1, -0.05) is 103 Å². The summed E-state index contributed by atoms with van der Waals surface area (Å²) in [7, 11) is 0. The van der Waals surface area contributed by atoms with E-state index in [2.05, 4.69) is 115 Å². The molecule has 142 valence electrons. The minimum Gasteiger partial charge on any atom is -0.296 e. The van der Waals surface area contributed by atoms with Crippen LogP contribution in [0.25, 0.3) is 0 Å². The summed E-state index contributed by atoms with van der Waals surface area (Å²) in [6, 6.07) is 39.3. The summed E-state index contributed by atoms with van der Waals surface area (Å²) >= 11 is 1.93. The van der Waals surface area contributed by atoms with Crippen molar-refractivity contribution in [2.24, 2.45) is 0 Å². The van der Waals surface area contributed by atoms with Crippen LogP contribution in [0, 0.1) is 0 Å². The van der Waals surface area contributed by atoms with Crippen LogP contribution in [0.2, 0.25) is 0 Å². The van der Waals surface area contributed by atoms with Crippen molar-refractivity contribution in [1.29, 1.82) is 0 Å². The van der Waals surface area contributed by atoms with Gasteiger partial charge in [-0.05, 0) is 33.9 Å². The van der Waals surface area contributed by atoms with E-state index in [1.807, 2.05) is 11.8 Å². The van der Waals surface area contributed by atoms with Gasteiger partial charge in [-0.25, -0.2) is 0 Å². The quantitative estimate of drug-likeness (QED) is 0.432. The van der Waals surface area contributed by atoms with Crippen molar-refractivity contribution in [2.45, 2.75) is 22.7 Å². The Morgan fingerprint density at radius 3 is 2.07 bits per heavy atom. The lowest BCUT2D eigenvalue weighted by atomic mass is 9.75. The first-order valence-corrected chi connectivity index (χ1v) is 11.0. The largest absolute Gasteiger partial charge is 0.296 e. The molecule has 1 nitrogen and oxygen atoms in total. The van der Waals surface area contributed by atoms with Crippen LogP contribution in [0.4, 0.5) is 0 Å². The number of hydrogen-bond donors (Lipinski definition) is 1. The zero-order chi connectivity index (χ0) is 19.5. The van der Waals surface area contributed by atoms with Gasteiger partial charge in [-0.2, -0.15) is 0 Å². The van der Waals surface area contributed by atoms with Crippen LogP contribution < -0.4 is 5.32 Å². The zero-order valence-corrected chi connectivity index (χ0v) is 17.0. The van der Waals surface area contributed by atoms with Crippen molar-refractivity contribution in [3.05, 3.63) is 137 Å². The number of thioether (sulfide) groups is 1. The van der Waals surface area contributed by atoms with Gasteiger partial charge in [-0.3, -0.25) is 5.32 Å². The van der Waals surface area contributed by atoms with Crippen molar-refractivity contribution in [3.8, 4) is 0 Å². The smallest absolute Gasteiger partial charge is 0.0964 e. The molecule has 1 aliphatic rings. The monoisotopic (exact) mass is 393 g/mol. The fourth-order valence-electron chi connectivity index (χ4n) is 4.34. The minimum atomic E-state index is -0.395. The van der Waals surface area contributed by atoms with Crippen LogP contribution in [0.1, 0.15) is 27.8 Å². The van der Waals surface area contributed by atoms with Gasteiger partial charge in [0.25, 0.3) is 0 Å². The fourth-order valence-corrected chi connectivity index (χ4v) is 5.45. The Bertz CT molecular complexity index is 1060. The van der Waals surface area contributed by atoms with Crippen LogP contribution in [0.15, 0.2) is 114 Å². The van der Waals surface area contributed by atoms with E-state index in [0.717, 1.165) is 12.3 Å². The van der Waals surface area contributed by atoms with Crippen molar-refractivity contribution in [2.75, 3.05) is 0 Å². The highest BCUT2D eigenvalue weighted by atomic mass is 32.2. The molecular weight excluding hydrogens is 370 g/mol. The molecule has 0 radical (unpaired) electrons. The summed E-state index contributed by atoms with van der Waals surface area (Å²) in [4.78, 5) is 1.34. The van der Waals surface area contributed by atoms with E-state index in [1.54, 1.807) is 0 Å². The molecule has 4 aromatic rings. The SMILES string of the molecule is c1ccc(CN[C@@]2(c3ccccc3)c3ccccc3CSc3ccccc32)cc1. The molecule has 0 saturated carbocycles. The third-order valence-corrected chi connectivity index (χ3v) is 6.83. The number of rotatable bonds is 4. The molecule has 0 fully saturated rings. The second kappa shape index (κ2) is 7.90. The molecule has 1 aliphatic heterocycles. The molecular formula is C27H23NS. The maximum absolute atomic E-state index is 4.01. The Morgan fingerprint density at radius 2 is 1.28 bits per heavy atom. The molecule has 0 aromatic heterocycles. The van der Waals surface area contributed by atoms with Crippen molar-refractivity contribution in [3.63, 3.8) is 0 Å². The standard InChI is InChI=1S/C27H23NS/c1-3-11-21(12-4-1)19-28-27(23-14-5-2-6-15-23)24-16-8-7-13-22(24)20-29-26-18-10-9-17-25(26)27/h1-18,28H,19-20H2/t27-/m0/s1. The van der Waals surface area contributed by atoms with E-state index >= 15 is 0 Å². The molecule has 0 amide bonds. The van der Waals surface area contributed by atoms with Gasteiger partial charge >= 0.3 is 0 Å². The molecule has 0 spiro atoms. The molecule has 1 N–H and O–H groups in total. The second-order valence-electron chi connectivity index (χ2n) is 7.40. The third kappa shape index (κ3) is 3.29. The van der Waals surface area contributed by atoms with E-state index in [-0.39, 0.29) is 0 Å². The first-order valence-electron chi connectivity index (χ1n) is 10.0. The number of benzene rings is 4. The average molecular weight is 394 g/mol. The molecule has 1 heterocycles. The molecule has 0 unspecified atom stereocenters. The summed E-state index contributed by atoms with van der Waals surface area (Å²) < 4.78 is 0. The lowest BCUT2D eigenvalue weighted by molar-refractivity contribution is 0.463. The number of nitrogens with one attached hydrogen (secondary N) is 1. The Hall–Kier alpha value is -2.81. The first-order chi connectivity index (χ1) is 14.4. The van der Waals surface area contributed by atoms with Crippen molar-refractivity contribution >= 4 is 11.8 Å². The molecule has 5 rings (SSSR count). The van der Waals surface area contributed by atoms with Crippen LogP contribution in [0.3, 0.4) is 0 Å². The third-order valence-electron chi connectivity index (χ3n) is 5.70. The number of hydrogen-bond acceptors (Lipinski definition) is 2. The van der Waals surface area contributed by atoms with E-state index in [9.17, 15) is 0 Å². The van der Waals surface area contributed by atoms with Crippen LogP contribution in [-0.2, 0) is 17.8 Å². The Balaban J connectivity index is 1.77. The maximum Gasteiger partial charge on any atom is 0.0964 e. The van der Waals surface area contributed by atoms with Crippen molar-refractivity contribution < 1.29 is 0 Å². The average Bonchev–Trinajstić information content (AvgIpc) is 2.94. The Labute approximate surface area is 176 Å². The molecule has 2 heteroatoms. The van der Waals surface area contributed by atoms with E-state index < -0.39 is 5.54 Å². The van der Waals surface area contributed by atoms with Crippen LogP contribution in [0.5, 0.6) is 0 Å². The van der Waals surface area contributed by atoms with Gasteiger partial charge in [0.2, 0.25) is 0 Å². The highest BCUT2D eigenvalue weighted by Crippen LogP contribution is 2.46. The zero-order valence-electron chi connectivity index (χ0n) is 16.2. The highest BCUT2D eigenvalue weighted by Gasteiger charge is 2.40.